The molecule has 112 valence electrons. The van der Waals surface area contributed by atoms with Crippen molar-refractivity contribution < 1.29 is 18.1 Å². The second-order valence-electron chi connectivity index (χ2n) is 4.90. The summed E-state index contributed by atoms with van der Waals surface area (Å²) in [5.74, 6) is 0. The summed E-state index contributed by atoms with van der Waals surface area (Å²) >= 11 is 0. The quantitative estimate of drug-likeness (QED) is 0.456. The molecule has 0 fully saturated rings. The first-order valence-electron chi connectivity index (χ1n) is 5.66. The fourth-order valence-corrected chi connectivity index (χ4v) is 3.23. The maximum atomic E-state index is 12.2. The van der Waals surface area contributed by atoms with Gasteiger partial charge in [0.15, 0.2) is 0 Å². The number of nitrogen functional groups attached to an aromatic ring is 1. The molecule has 0 aliphatic heterocycles. The van der Waals surface area contributed by atoms with Crippen LogP contribution in [0.15, 0.2) is 23.1 Å². The number of benzene rings is 1. The molecule has 9 heteroatoms. The van der Waals surface area contributed by atoms with Crippen molar-refractivity contribution >= 4 is 21.4 Å². The lowest BCUT2D eigenvalue weighted by Gasteiger charge is -2.25. The third-order valence-corrected chi connectivity index (χ3v) is 4.17. The number of hydrogen-bond donors (Lipinski definition) is 2. The molecule has 0 radical (unpaired) electrons. The summed E-state index contributed by atoms with van der Waals surface area (Å²) in [6.07, 6.45) is 0. The van der Waals surface area contributed by atoms with Gasteiger partial charge in [-0.1, -0.05) is 0 Å². The van der Waals surface area contributed by atoms with Gasteiger partial charge < -0.3 is 10.5 Å². The van der Waals surface area contributed by atoms with E-state index in [-0.39, 0.29) is 22.9 Å². The number of nitrogens with two attached hydrogens (primary N) is 1. The highest BCUT2D eigenvalue weighted by molar-refractivity contribution is 7.89. The second-order valence-corrected chi connectivity index (χ2v) is 6.55. The number of sulfonamides is 1. The van der Waals surface area contributed by atoms with Gasteiger partial charge in [-0.15, -0.1) is 0 Å². The van der Waals surface area contributed by atoms with Crippen LogP contribution in [0.5, 0.6) is 0 Å². The standard InChI is InChI=1S/C11H17N3O5S/c1-11(2,7-19-3)13-20(17,18)10-6-8(14(15)16)4-5-9(10)12/h4-6,13H,7,12H2,1-3H3. The number of non-ortho nitro benzene ring substituents is 1. The largest absolute Gasteiger partial charge is 0.398 e. The molecule has 0 saturated carbocycles. The molecular weight excluding hydrogens is 286 g/mol. The molecule has 8 nitrogen and oxygen atoms in total. The molecule has 1 aromatic rings. The lowest BCUT2D eigenvalue weighted by atomic mass is 10.1. The zero-order chi connectivity index (χ0) is 15.6. The van der Waals surface area contributed by atoms with Crippen LogP contribution in [0, 0.1) is 10.1 Å². The lowest BCUT2D eigenvalue weighted by molar-refractivity contribution is -0.385. The summed E-state index contributed by atoms with van der Waals surface area (Å²) in [6.45, 7) is 3.39. The number of nitrogens with one attached hydrogen (secondary N) is 1. The van der Waals surface area contributed by atoms with Crippen molar-refractivity contribution in [2.45, 2.75) is 24.3 Å². The minimum absolute atomic E-state index is 0.0590. The Balaban J connectivity index is 3.22. The van der Waals surface area contributed by atoms with Gasteiger partial charge in [-0.3, -0.25) is 10.1 Å². The molecule has 0 saturated heterocycles. The highest BCUT2D eigenvalue weighted by Crippen LogP contribution is 2.25. The molecule has 0 aliphatic rings. The van der Waals surface area contributed by atoms with Crippen molar-refractivity contribution in [3.63, 3.8) is 0 Å². The van der Waals surface area contributed by atoms with E-state index in [1.807, 2.05) is 0 Å². The molecule has 0 aliphatic carbocycles. The Labute approximate surface area is 117 Å². The average molecular weight is 303 g/mol. The molecule has 0 spiro atoms. The van der Waals surface area contributed by atoms with E-state index in [2.05, 4.69) is 4.72 Å². The van der Waals surface area contributed by atoms with Crippen molar-refractivity contribution in [3.8, 4) is 0 Å². The Hall–Kier alpha value is -1.71. The molecule has 0 unspecified atom stereocenters. The van der Waals surface area contributed by atoms with E-state index in [1.165, 1.54) is 13.2 Å². The van der Waals surface area contributed by atoms with Gasteiger partial charge in [-0.25, -0.2) is 13.1 Å². The van der Waals surface area contributed by atoms with Crippen LogP contribution < -0.4 is 10.5 Å². The molecule has 1 aromatic carbocycles. The van der Waals surface area contributed by atoms with Crippen LogP contribution in [-0.4, -0.2) is 32.6 Å². The number of hydrogen-bond acceptors (Lipinski definition) is 6. The van der Waals surface area contributed by atoms with E-state index in [4.69, 9.17) is 10.5 Å². The van der Waals surface area contributed by atoms with E-state index in [1.54, 1.807) is 13.8 Å². The summed E-state index contributed by atoms with van der Waals surface area (Å²) in [7, 11) is -2.54. The van der Waals surface area contributed by atoms with E-state index in [9.17, 15) is 18.5 Å². The molecular formula is C11H17N3O5S. The van der Waals surface area contributed by atoms with Crippen LogP contribution in [0.2, 0.25) is 0 Å². The predicted octanol–water partition coefficient (Wildman–Crippen LogP) is 0.880. The first-order valence-corrected chi connectivity index (χ1v) is 7.14. The number of rotatable bonds is 6. The van der Waals surface area contributed by atoms with Gasteiger partial charge in [-0.05, 0) is 19.9 Å². The van der Waals surface area contributed by atoms with Crippen LogP contribution in [0.25, 0.3) is 0 Å². The number of methoxy groups -OCH3 is 1. The van der Waals surface area contributed by atoms with Crippen LogP contribution in [-0.2, 0) is 14.8 Å². The van der Waals surface area contributed by atoms with Gasteiger partial charge in [0.05, 0.1) is 22.8 Å². The molecule has 0 atom stereocenters. The number of nitro benzene ring substituents is 1. The Kier molecular flexibility index (Phi) is 4.69. The fraction of sp³-hybridized carbons (Fsp3) is 0.455. The van der Waals surface area contributed by atoms with E-state index < -0.39 is 20.5 Å². The van der Waals surface area contributed by atoms with Gasteiger partial charge >= 0.3 is 0 Å². The minimum Gasteiger partial charge on any atom is -0.398 e. The first kappa shape index (κ1) is 16.3. The van der Waals surface area contributed by atoms with E-state index >= 15 is 0 Å². The van der Waals surface area contributed by atoms with Crippen LogP contribution in [0.3, 0.4) is 0 Å². The van der Waals surface area contributed by atoms with Crippen LogP contribution in [0.4, 0.5) is 11.4 Å². The smallest absolute Gasteiger partial charge is 0.270 e. The normalized spacial score (nSPS) is 12.3. The summed E-state index contributed by atoms with van der Waals surface area (Å²) in [4.78, 5) is 9.70. The number of nitro groups is 1. The molecule has 0 bridgehead atoms. The van der Waals surface area contributed by atoms with Crippen molar-refractivity contribution in [3.05, 3.63) is 28.3 Å². The monoisotopic (exact) mass is 303 g/mol. The molecule has 1 rings (SSSR count). The van der Waals surface area contributed by atoms with E-state index in [0.717, 1.165) is 12.1 Å². The predicted molar refractivity (Wildman–Crippen MR) is 73.8 cm³/mol. The molecule has 20 heavy (non-hydrogen) atoms. The highest BCUT2D eigenvalue weighted by atomic mass is 32.2. The van der Waals surface area contributed by atoms with Crippen molar-refractivity contribution in [2.75, 3.05) is 19.5 Å². The molecule has 0 amide bonds. The molecule has 0 aromatic heterocycles. The SMILES string of the molecule is COCC(C)(C)NS(=O)(=O)c1cc([N+](=O)[O-])ccc1N. The zero-order valence-corrected chi connectivity index (χ0v) is 12.2. The Morgan fingerprint density at radius 1 is 1.45 bits per heavy atom. The fourth-order valence-electron chi connectivity index (χ4n) is 1.68. The Bertz CT molecular complexity index is 612. The zero-order valence-electron chi connectivity index (χ0n) is 11.4. The Morgan fingerprint density at radius 2 is 2.05 bits per heavy atom. The maximum Gasteiger partial charge on any atom is 0.270 e. The molecule has 3 N–H and O–H groups in total. The molecule has 0 heterocycles. The van der Waals surface area contributed by atoms with Gasteiger partial charge in [0, 0.05) is 19.2 Å². The number of ether oxygens (including phenoxy) is 1. The lowest BCUT2D eigenvalue weighted by Crippen LogP contribution is -2.46. The average Bonchev–Trinajstić information content (AvgIpc) is 2.26. The summed E-state index contributed by atoms with van der Waals surface area (Å²) in [5, 5.41) is 10.7. The Morgan fingerprint density at radius 3 is 2.55 bits per heavy atom. The highest BCUT2D eigenvalue weighted by Gasteiger charge is 2.28. The number of anilines is 1. The van der Waals surface area contributed by atoms with Gasteiger partial charge in [0.2, 0.25) is 10.0 Å². The summed E-state index contributed by atoms with van der Waals surface area (Å²) in [6, 6.07) is 3.27. The topological polar surface area (TPSA) is 125 Å². The van der Waals surface area contributed by atoms with Gasteiger partial charge in [0.1, 0.15) is 4.90 Å². The third-order valence-electron chi connectivity index (χ3n) is 2.41. The van der Waals surface area contributed by atoms with Crippen molar-refractivity contribution in [2.24, 2.45) is 0 Å². The number of nitrogens with zero attached hydrogens (tertiary/aromatic N) is 1. The summed E-state index contributed by atoms with van der Waals surface area (Å²) in [5.41, 5.74) is 4.32. The van der Waals surface area contributed by atoms with Crippen molar-refractivity contribution in [1.82, 2.24) is 4.72 Å². The van der Waals surface area contributed by atoms with Crippen LogP contribution >= 0.6 is 0 Å². The summed E-state index contributed by atoms with van der Waals surface area (Å²) < 4.78 is 31.8. The van der Waals surface area contributed by atoms with E-state index in [0.29, 0.717) is 0 Å². The van der Waals surface area contributed by atoms with Gasteiger partial charge in [-0.2, -0.15) is 0 Å². The van der Waals surface area contributed by atoms with Crippen molar-refractivity contribution in [1.29, 1.82) is 0 Å². The van der Waals surface area contributed by atoms with Crippen LogP contribution in [0.1, 0.15) is 13.8 Å². The second kappa shape index (κ2) is 5.73. The maximum absolute atomic E-state index is 12.2. The minimum atomic E-state index is -3.99. The first-order chi connectivity index (χ1) is 9.09. The van der Waals surface area contributed by atoms with Gasteiger partial charge in [0.25, 0.3) is 5.69 Å². The third kappa shape index (κ3) is 3.89.